The Balaban J connectivity index is 1.81. The van der Waals surface area contributed by atoms with Crippen LogP contribution in [0.4, 0.5) is 11.5 Å². The average Bonchev–Trinajstić information content (AvgIpc) is 2.61. The number of unbranched alkanes of at least 4 members (excludes halogenated alkanes) is 1. The van der Waals surface area contributed by atoms with Gasteiger partial charge in [0.1, 0.15) is 0 Å². The lowest BCUT2D eigenvalue weighted by molar-refractivity contribution is -0.118. The van der Waals surface area contributed by atoms with Crippen LogP contribution in [0, 0.1) is 0 Å². The summed E-state index contributed by atoms with van der Waals surface area (Å²) in [5.41, 5.74) is 2.20. The summed E-state index contributed by atoms with van der Waals surface area (Å²) in [5, 5.41) is 0. The first-order chi connectivity index (χ1) is 11.3. The minimum atomic E-state index is 0.209. The third kappa shape index (κ3) is 3.52. The Morgan fingerprint density at radius 2 is 1.96 bits per heavy atom. The van der Waals surface area contributed by atoms with E-state index in [-0.39, 0.29) is 5.91 Å². The molecule has 0 spiro atoms. The van der Waals surface area contributed by atoms with Crippen LogP contribution in [0.15, 0.2) is 48.7 Å². The van der Waals surface area contributed by atoms with Gasteiger partial charge in [0.15, 0.2) is 5.82 Å². The maximum absolute atomic E-state index is 12.5. The van der Waals surface area contributed by atoms with Crippen molar-refractivity contribution < 1.29 is 4.79 Å². The van der Waals surface area contributed by atoms with Crippen LogP contribution in [-0.2, 0) is 11.3 Å². The molecular formula is C19H23N3O. The highest BCUT2D eigenvalue weighted by Crippen LogP contribution is 2.32. The molecule has 1 aliphatic rings. The fraction of sp³-hybridized carbons (Fsp3) is 0.368. The number of aromatic nitrogens is 1. The molecule has 3 rings (SSSR count). The van der Waals surface area contributed by atoms with E-state index in [0.717, 1.165) is 44.0 Å². The molecule has 0 radical (unpaired) electrons. The predicted molar refractivity (Wildman–Crippen MR) is 93.6 cm³/mol. The zero-order chi connectivity index (χ0) is 16.1. The summed E-state index contributed by atoms with van der Waals surface area (Å²) in [6.07, 6.45) is 4.40. The van der Waals surface area contributed by atoms with E-state index < -0.39 is 0 Å². The van der Waals surface area contributed by atoms with E-state index in [2.05, 4.69) is 41.1 Å². The monoisotopic (exact) mass is 309 g/mol. The highest BCUT2D eigenvalue weighted by molar-refractivity contribution is 5.97. The second-order valence-electron chi connectivity index (χ2n) is 5.90. The number of rotatable bonds is 5. The molecular weight excluding hydrogens is 286 g/mol. The average molecular weight is 309 g/mol. The molecule has 0 fully saturated rings. The number of fused-ring (bicyclic) bond motifs is 1. The van der Waals surface area contributed by atoms with Gasteiger partial charge in [-0.1, -0.05) is 43.7 Å². The van der Waals surface area contributed by atoms with Gasteiger partial charge in [0.05, 0.1) is 5.69 Å². The molecule has 0 aliphatic carbocycles. The van der Waals surface area contributed by atoms with Gasteiger partial charge in [-0.15, -0.1) is 0 Å². The van der Waals surface area contributed by atoms with Gasteiger partial charge in [-0.2, -0.15) is 0 Å². The Labute approximate surface area is 137 Å². The molecule has 4 nitrogen and oxygen atoms in total. The zero-order valence-electron chi connectivity index (χ0n) is 13.6. The Morgan fingerprint density at radius 3 is 2.74 bits per heavy atom. The van der Waals surface area contributed by atoms with Gasteiger partial charge in [0.25, 0.3) is 0 Å². The summed E-state index contributed by atoms with van der Waals surface area (Å²) in [6, 6.07) is 14.3. The lowest BCUT2D eigenvalue weighted by Gasteiger charge is -2.36. The standard InChI is InChI=1S/C19H23N3O/c1-2-3-11-18(23)22-14-13-21(15-16-8-5-4-6-9-16)19-17(22)10-7-12-20-19/h4-10,12H,2-3,11,13-15H2,1H3. The molecule has 0 atom stereocenters. The van der Waals surface area contributed by atoms with Crippen molar-refractivity contribution in [3.05, 3.63) is 54.2 Å². The van der Waals surface area contributed by atoms with Crippen LogP contribution in [0.3, 0.4) is 0 Å². The summed E-state index contributed by atoms with van der Waals surface area (Å²) < 4.78 is 0. The van der Waals surface area contributed by atoms with Gasteiger partial charge in [0.2, 0.25) is 5.91 Å². The number of hydrogen-bond acceptors (Lipinski definition) is 3. The molecule has 4 heteroatoms. The number of hydrogen-bond donors (Lipinski definition) is 0. The maximum Gasteiger partial charge on any atom is 0.227 e. The number of nitrogens with zero attached hydrogens (tertiary/aromatic N) is 3. The minimum Gasteiger partial charge on any atom is -0.349 e. The first-order valence-electron chi connectivity index (χ1n) is 8.34. The second kappa shape index (κ2) is 7.27. The molecule has 1 amide bonds. The van der Waals surface area contributed by atoms with E-state index in [9.17, 15) is 4.79 Å². The van der Waals surface area contributed by atoms with Gasteiger partial charge in [-0.25, -0.2) is 4.98 Å². The van der Waals surface area contributed by atoms with E-state index in [1.165, 1.54) is 5.56 Å². The van der Waals surface area contributed by atoms with Gasteiger partial charge >= 0.3 is 0 Å². The van der Waals surface area contributed by atoms with E-state index >= 15 is 0 Å². The number of carbonyl (C=O) groups is 1. The summed E-state index contributed by atoms with van der Waals surface area (Å²) in [4.78, 5) is 21.2. The van der Waals surface area contributed by atoms with E-state index in [0.29, 0.717) is 6.42 Å². The smallest absolute Gasteiger partial charge is 0.227 e. The first-order valence-corrected chi connectivity index (χ1v) is 8.34. The van der Waals surface area contributed by atoms with Crippen molar-refractivity contribution in [1.82, 2.24) is 4.98 Å². The van der Waals surface area contributed by atoms with Crippen molar-refractivity contribution in [2.45, 2.75) is 32.7 Å². The van der Waals surface area contributed by atoms with Crippen molar-refractivity contribution in [3.63, 3.8) is 0 Å². The van der Waals surface area contributed by atoms with E-state index in [1.807, 2.05) is 23.1 Å². The lowest BCUT2D eigenvalue weighted by Crippen LogP contribution is -2.44. The second-order valence-corrected chi connectivity index (χ2v) is 5.90. The lowest BCUT2D eigenvalue weighted by atomic mass is 10.1. The minimum absolute atomic E-state index is 0.209. The van der Waals surface area contributed by atoms with Crippen LogP contribution in [0.2, 0.25) is 0 Å². The molecule has 0 bridgehead atoms. The van der Waals surface area contributed by atoms with Gasteiger partial charge in [-0.3, -0.25) is 4.79 Å². The molecule has 23 heavy (non-hydrogen) atoms. The van der Waals surface area contributed by atoms with Crippen LogP contribution in [0.1, 0.15) is 31.7 Å². The third-order valence-corrected chi connectivity index (χ3v) is 4.21. The van der Waals surface area contributed by atoms with Crippen molar-refractivity contribution >= 4 is 17.4 Å². The number of amides is 1. The topological polar surface area (TPSA) is 36.4 Å². The van der Waals surface area contributed by atoms with Crippen molar-refractivity contribution in [3.8, 4) is 0 Å². The van der Waals surface area contributed by atoms with Crippen molar-refractivity contribution in [2.24, 2.45) is 0 Å². The molecule has 0 saturated heterocycles. The largest absolute Gasteiger partial charge is 0.349 e. The number of benzene rings is 1. The van der Waals surface area contributed by atoms with Gasteiger partial charge in [-0.05, 0) is 24.1 Å². The Morgan fingerprint density at radius 1 is 1.13 bits per heavy atom. The SMILES string of the molecule is CCCCC(=O)N1CCN(Cc2ccccc2)c2ncccc21. The predicted octanol–water partition coefficient (Wildman–Crippen LogP) is 3.63. The molecule has 0 N–H and O–H groups in total. The highest BCUT2D eigenvalue weighted by atomic mass is 16.2. The van der Waals surface area contributed by atoms with Gasteiger partial charge in [0, 0.05) is 32.3 Å². The number of carbonyl (C=O) groups excluding carboxylic acids is 1. The molecule has 2 heterocycles. The van der Waals surface area contributed by atoms with Crippen molar-refractivity contribution in [1.29, 1.82) is 0 Å². The van der Waals surface area contributed by atoms with E-state index in [4.69, 9.17) is 0 Å². The zero-order valence-corrected chi connectivity index (χ0v) is 13.6. The van der Waals surface area contributed by atoms with E-state index in [1.54, 1.807) is 6.20 Å². The summed E-state index contributed by atoms with van der Waals surface area (Å²) >= 11 is 0. The van der Waals surface area contributed by atoms with Crippen LogP contribution in [0.5, 0.6) is 0 Å². The molecule has 120 valence electrons. The quantitative estimate of drug-likeness (QED) is 0.846. The maximum atomic E-state index is 12.5. The first kappa shape index (κ1) is 15.5. The summed E-state index contributed by atoms with van der Waals surface area (Å²) in [5.74, 6) is 1.12. The third-order valence-electron chi connectivity index (χ3n) is 4.21. The normalized spacial score (nSPS) is 13.8. The molecule has 1 aromatic heterocycles. The van der Waals surface area contributed by atoms with Crippen LogP contribution in [0.25, 0.3) is 0 Å². The number of anilines is 2. The Kier molecular flexibility index (Phi) is 4.91. The molecule has 2 aromatic rings. The summed E-state index contributed by atoms with van der Waals surface area (Å²) in [6.45, 7) is 4.48. The fourth-order valence-corrected chi connectivity index (χ4v) is 2.97. The van der Waals surface area contributed by atoms with Crippen LogP contribution >= 0.6 is 0 Å². The summed E-state index contributed by atoms with van der Waals surface area (Å²) in [7, 11) is 0. The number of pyridine rings is 1. The molecule has 1 aromatic carbocycles. The molecule has 0 saturated carbocycles. The highest BCUT2D eigenvalue weighted by Gasteiger charge is 2.27. The Bertz CT molecular complexity index is 657. The molecule has 1 aliphatic heterocycles. The van der Waals surface area contributed by atoms with Crippen molar-refractivity contribution in [2.75, 3.05) is 22.9 Å². The molecule has 0 unspecified atom stereocenters. The van der Waals surface area contributed by atoms with Crippen LogP contribution < -0.4 is 9.80 Å². The van der Waals surface area contributed by atoms with Crippen LogP contribution in [-0.4, -0.2) is 24.0 Å². The fourth-order valence-electron chi connectivity index (χ4n) is 2.97. The van der Waals surface area contributed by atoms with Gasteiger partial charge < -0.3 is 9.80 Å². The Hall–Kier alpha value is -2.36.